The maximum Gasteiger partial charge on any atom is 0.322 e. The van der Waals surface area contributed by atoms with Crippen molar-refractivity contribution in [2.24, 2.45) is 0 Å². The van der Waals surface area contributed by atoms with Crippen molar-refractivity contribution in [2.75, 3.05) is 23.4 Å². The van der Waals surface area contributed by atoms with Crippen LogP contribution in [0.15, 0.2) is 101 Å². The number of hydrogen-bond donors (Lipinski definition) is 2. The Balaban J connectivity index is 1.39. The van der Waals surface area contributed by atoms with Crippen LogP contribution in [0.25, 0.3) is 11.1 Å². The van der Waals surface area contributed by atoms with E-state index >= 15 is 4.39 Å². The van der Waals surface area contributed by atoms with Gasteiger partial charge in [-0.3, -0.25) is 8.98 Å². The molecule has 5 rings (SSSR count). The van der Waals surface area contributed by atoms with Crippen LogP contribution in [0.3, 0.4) is 0 Å². The number of carbonyl (C=O) groups is 2. The number of amides is 3. The number of anilines is 2. The molecular weight excluding hydrogens is 657 g/mol. The van der Waals surface area contributed by atoms with Gasteiger partial charge in [0.1, 0.15) is 11.9 Å². The van der Waals surface area contributed by atoms with Gasteiger partial charge in [-0.25, -0.2) is 17.6 Å². The van der Waals surface area contributed by atoms with Crippen LogP contribution < -0.4 is 10.6 Å². The second kappa shape index (κ2) is 13.2. The number of halogens is 2. The van der Waals surface area contributed by atoms with Crippen molar-refractivity contribution in [1.82, 2.24) is 4.90 Å². The predicted molar refractivity (Wildman–Crippen MR) is 172 cm³/mol. The lowest BCUT2D eigenvalue weighted by atomic mass is 10.0. The highest BCUT2D eigenvalue weighted by Crippen LogP contribution is 2.31. The first-order chi connectivity index (χ1) is 21.7. The smallest absolute Gasteiger partial charge is 0.322 e. The molecule has 10 nitrogen and oxygen atoms in total. The van der Waals surface area contributed by atoms with Crippen LogP contribution in [0.2, 0.25) is 5.02 Å². The van der Waals surface area contributed by atoms with Crippen molar-refractivity contribution >= 4 is 54.9 Å². The Hall–Kier alpha value is -4.30. The molecule has 0 radical (unpaired) electrons. The summed E-state index contributed by atoms with van der Waals surface area (Å²) in [5, 5.41) is 5.58. The first kappa shape index (κ1) is 33.1. The molecule has 2 N–H and O–H groups in total. The number of carbonyl (C=O) groups excluding carboxylic acids is 2. The molecule has 4 aromatic rings. The average molecular weight is 686 g/mol. The van der Waals surface area contributed by atoms with Gasteiger partial charge in [0.05, 0.1) is 28.1 Å². The lowest BCUT2D eigenvalue weighted by Crippen LogP contribution is -2.45. The summed E-state index contributed by atoms with van der Waals surface area (Å²) in [5.74, 6) is -1.63. The van der Waals surface area contributed by atoms with Gasteiger partial charge in [0.15, 0.2) is 9.84 Å². The van der Waals surface area contributed by atoms with Gasteiger partial charge in [-0.15, -0.1) is 0 Å². The van der Waals surface area contributed by atoms with E-state index in [0.29, 0.717) is 10.7 Å². The van der Waals surface area contributed by atoms with Crippen molar-refractivity contribution < 1.29 is 35.0 Å². The first-order valence-electron chi connectivity index (χ1n) is 13.9. The zero-order chi connectivity index (χ0) is 33.2. The van der Waals surface area contributed by atoms with E-state index in [1.165, 1.54) is 30.3 Å². The normalized spacial score (nSPS) is 16.7. The Morgan fingerprint density at radius 1 is 0.913 bits per heavy atom. The SMILES string of the molecule is Cc1ccc(S(=O)(=O)O[C@H]2C[C@H](C(=O)Nc3ccc(-c4ccccc4S(C)(=O)=O)cc3F)N(C(=O)Nc3ccc(Cl)cc3)C2)cc1. The van der Waals surface area contributed by atoms with Crippen LogP contribution in [0.1, 0.15) is 12.0 Å². The number of aryl methyl sites for hydroxylation is 1. The number of benzene rings is 4. The minimum Gasteiger partial charge on any atom is -0.322 e. The van der Waals surface area contributed by atoms with Crippen molar-refractivity contribution in [3.05, 3.63) is 107 Å². The van der Waals surface area contributed by atoms with Gasteiger partial charge in [0.2, 0.25) is 5.91 Å². The Labute approximate surface area is 271 Å². The van der Waals surface area contributed by atoms with Crippen molar-refractivity contribution in [2.45, 2.75) is 35.3 Å². The molecule has 240 valence electrons. The standard InChI is InChI=1S/C32H29ClFN3O7S2/c1-20-7-14-25(15-8-20)46(42,43)44-24-18-29(37(19-24)32(39)35-23-12-10-22(33)11-13-23)31(38)36-28-16-9-21(17-27(28)34)26-5-3-4-6-30(26)45(2,40)41/h3-17,24,29H,18-19H2,1-2H3,(H,35,39)(H,36,38)/t24-,29+/m0/s1. The Morgan fingerprint density at radius 3 is 2.24 bits per heavy atom. The van der Waals surface area contributed by atoms with Crippen LogP contribution in [0.4, 0.5) is 20.6 Å². The molecule has 2 atom stereocenters. The third-order valence-electron chi connectivity index (χ3n) is 7.32. The maximum absolute atomic E-state index is 15.3. The maximum atomic E-state index is 15.3. The molecule has 1 fully saturated rings. The van der Waals surface area contributed by atoms with Crippen molar-refractivity contribution in [1.29, 1.82) is 0 Å². The molecule has 1 aliphatic heterocycles. The largest absolute Gasteiger partial charge is 0.322 e. The van der Waals surface area contributed by atoms with E-state index in [0.717, 1.165) is 22.8 Å². The lowest BCUT2D eigenvalue weighted by molar-refractivity contribution is -0.119. The van der Waals surface area contributed by atoms with Crippen LogP contribution in [0.5, 0.6) is 0 Å². The fraction of sp³-hybridized carbons (Fsp3) is 0.188. The van der Waals surface area contributed by atoms with E-state index in [1.54, 1.807) is 61.5 Å². The van der Waals surface area contributed by atoms with E-state index < -0.39 is 49.9 Å². The molecule has 1 saturated heterocycles. The van der Waals surface area contributed by atoms with Gasteiger partial charge in [0.25, 0.3) is 10.1 Å². The molecule has 0 saturated carbocycles. The molecule has 0 aliphatic carbocycles. The van der Waals surface area contributed by atoms with Gasteiger partial charge in [-0.2, -0.15) is 8.42 Å². The quantitative estimate of drug-likeness (QED) is 0.221. The molecule has 1 heterocycles. The summed E-state index contributed by atoms with van der Waals surface area (Å²) in [4.78, 5) is 27.9. The second-order valence-corrected chi connectivity index (χ2v) is 14.8. The Morgan fingerprint density at radius 2 is 1.59 bits per heavy atom. The number of nitrogens with one attached hydrogen (secondary N) is 2. The fourth-order valence-electron chi connectivity index (χ4n) is 5.04. The van der Waals surface area contributed by atoms with Gasteiger partial charge in [-0.1, -0.05) is 53.6 Å². The average Bonchev–Trinajstić information content (AvgIpc) is 3.42. The van der Waals surface area contributed by atoms with Crippen LogP contribution in [0, 0.1) is 12.7 Å². The van der Waals surface area contributed by atoms with Crippen LogP contribution in [-0.2, 0) is 28.9 Å². The van der Waals surface area contributed by atoms with E-state index in [9.17, 15) is 26.4 Å². The topological polar surface area (TPSA) is 139 Å². The molecule has 1 aliphatic rings. The summed E-state index contributed by atoms with van der Waals surface area (Å²) in [6, 6.07) is 20.3. The molecular formula is C32H29ClFN3O7S2. The molecule has 0 spiro atoms. The summed E-state index contributed by atoms with van der Waals surface area (Å²) < 4.78 is 71.3. The van der Waals surface area contributed by atoms with E-state index in [1.807, 2.05) is 0 Å². The molecule has 4 aromatic carbocycles. The number of nitrogens with zero attached hydrogens (tertiary/aromatic N) is 1. The summed E-state index contributed by atoms with van der Waals surface area (Å²) in [6.07, 6.45) is -0.236. The van der Waals surface area contributed by atoms with Crippen LogP contribution in [-0.4, -0.2) is 58.6 Å². The highest BCUT2D eigenvalue weighted by Gasteiger charge is 2.42. The van der Waals surface area contributed by atoms with E-state index in [2.05, 4.69) is 10.6 Å². The molecule has 14 heteroatoms. The monoisotopic (exact) mass is 685 g/mol. The summed E-state index contributed by atoms with van der Waals surface area (Å²) >= 11 is 5.93. The highest BCUT2D eigenvalue weighted by molar-refractivity contribution is 7.90. The van der Waals surface area contributed by atoms with E-state index in [4.69, 9.17) is 15.8 Å². The fourth-order valence-corrected chi connectivity index (χ4v) is 7.15. The second-order valence-electron chi connectivity index (χ2n) is 10.8. The molecule has 0 bridgehead atoms. The number of likely N-dealkylation sites (tertiary alicyclic amines) is 1. The van der Waals surface area contributed by atoms with Crippen LogP contribution >= 0.6 is 11.6 Å². The summed E-state index contributed by atoms with van der Waals surface area (Å²) in [6.45, 7) is 1.55. The Bertz CT molecular complexity index is 2010. The van der Waals surface area contributed by atoms with E-state index in [-0.39, 0.29) is 39.6 Å². The summed E-state index contributed by atoms with van der Waals surface area (Å²) in [7, 11) is -7.85. The molecule has 46 heavy (non-hydrogen) atoms. The van der Waals surface area contributed by atoms with Gasteiger partial charge >= 0.3 is 6.03 Å². The number of sulfone groups is 1. The summed E-state index contributed by atoms with van der Waals surface area (Å²) in [5.41, 5.74) is 1.57. The third-order valence-corrected chi connectivity index (χ3v) is 10.1. The van der Waals surface area contributed by atoms with Gasteiger partial charge in [-0.05, 0) is 67.1 Å². The highest BCUT2D eigenvalue weighted by atomic mass is 35.5. The number of hydrogen-bond acceptors (Lipinski definition) is 7. The first-order valence-corrected chi connectivity index (χ1v) is 17.6. The number of urea groups is 1. The number of rotatable bonds is 8. The minimum absolute atomic E-state index is 0.0196. The molecule has 0 aromatic heterocycles. The Kier molecular flexibility index (Phi) is 9.49. The van der Waals surface area contributed by atoms with Gasteiger partial charge in [0, 0.05) is 29.0 Å². The lowest BCUT2D eigenvalue weighted by Gasteiger charge is -2.24. The zero-order valence-electron chi connectivity index (χ0n) is 24.6. The van der Waals surface area contributed by atoms with Crippen molar-refractivity contribution in [3.8, 4) is 11.1 Å². The molecule has 3 amide bonds. The van der Waals surface area contributed by atoms with Crippen molar-refractivity contribution in [3.63, 3.8) is 0 Å². The predicted octanol–water partition coefficient (Wildman–Crippen LogP) is 5.88. The molecule has 0 unspecified atom stereocenters. The minimum atomic E-state index is -4.24. The third kappa shape index (κ3) is 7.56. The zero-order valence-corrected chi connectivity index (χ0v) is 27.0. The van der Waals surface area contributed by atoms with Gasteiger partial charge < -0.3 is 15.5 Å².